The molecule has 0 fully saturated rings. The monoisotopic (exact) mass is 299 g/mol. The molecule has 0 bridgehead atoms. The van der Waals surface area contributed by atoms with E-state index in [1.54, 1.807) is 0 Å². The van der Waals surface area contributed by atoms with Crippen molar-refractivity contribution in [3.63, 3.8) is 0 Å². The lowest BCUT2D eigenvalue weighted by Crippen LogP contribution is -2.25. The Balaban J connectivity index is 2.66. The van der Waals surface area contributed by atoms with Crippen LogP contribution in [0.5, 0.6) is 5.75 Å². The van der Waals surface area contributed by atoms with E-state index in [-0.39, 0.29) is 17.4 Å². The van der Waals surface area contributed by atoms with Gasteiger partial charge < -0.3 is 10.5 Å². The van der Waals surface area contributed by atoms with Crippen LogP contribution in [0.2, 0.25) is 0 Å². The Labute approximate surface area is 122 Å². The molecule has 0 heterocycles. The second-order valence-electron chi connectivity index (χ2n) is 5.49. The topological polar surface area (TPSA) is 69.4 Å². The van der Waals surface area contributed by atoms with Crippen LogP contribution in [0.4, 0.5) is 0 Å². The average molecular weight is 299 g/mol. The normalized spacial score (nSPS) is 13.4. The zero-order chi connectivity index (χ0) is 15.2. The van der Waals surface area contributed by atoms with E-state index < -0.39 is 15.9 Å². The van der Waals surface area contributed by atoms with Gasteiger partial charge in [-0.1, -0.05) is 32.9 Å². The molecule has 0 saturated carbocycles. The van der Waals surface area contributed by atoms with Crippen molar-refractivity contribution in [3.05, 3.63) is 29.8 Å². The number of nitrogens with two attached hydrogens (primary N) is 1. The molecule has 0 aliphatic heterocycles. The first-order valence-electron chi connectivity index (χ1n) is 7.03. The summed E-state index contributed by atoms with van der Waals surface area (Å²) in [5, 5.41) is 0. The van der Waals surface area contributed by atoms with Gasteiger partial charge in [-0.25, -0.2) is 8.42 Å². The number of benzene rings is 1. The summed E-state index contributed by atoms with van der Waals surface area (Å²) < 4.78 is 29.3. The minimum Gasteiger partial charge on any atom is -0.494 e. The molecule has 1 aromatic carbocycles. The standard InChI is InChI=1S/C15H25NO3S/c1-4-9-19-14-7-5-13(6-8-14)15(16)11-20(17,18)10-12(2)3/h5-8,12,15H,4,9-11,16H2,1-3H3. The Morgan fingerprint density at radius 1 is 1.15 bits per heavy atom. The molecule has 1 unspecified atom stereocenters. The summed E-state index contributed by atoms with van der Waals surface area (Å²) >= 11 is 0. The van der Waals surface area contributed by atoms with E-state index >= 15 is 0 Å². The van der Waals surface area contributed by atoms with Crippen molar-refractivity contribution in [2.45, 2.75) is 33.2 Å². The summed E-state index contributed by atoms with van der Waals surface area (Å²) in [7, 11) is -3.11. The summed E-state index contributed by atoms with van der Waals surface area (Å²) in [5.41, 5.74) is 6.81. The minimum atomic E-state index is -3.11. The molecule has 20 heavy (non-hydrogen) atoms. The van der Waals surface area contributed by atoms with Crippen LogP contribution >= 0.6 is 0 Å². The maximum atomic E-state index is 11.9. The third-order valence-electron chi connectivity index (χ3n) is 2.80. The van der Waals surface area contributed by atoms with Crippen molar-refractivity contribution in [2.75, 3.05) is 18.1 Å². The van der Waals surface area contributed by atoms with Crippen LogP contribution in [0, 0.1) is 5.92 Å². The molecule has 5 heteroatoms. The molecule has 114 valence electrons. The van der Waals surface area contributed by atoms with E-state index in [1.165, 1.54) is 0 Å². The largest absolute Gasteiger partial charge is 0.494 e. The minimum absolute atomic E-state index is 0.0135. The molecule has 2 N–H and O–H groups in total. The van der Waals surface area contributed by atoms with Gasteiger partial charge in [-0.3, -0.25) is 0 Å². The van der Waals surface area contributed by atoms with Crippen LogP contribution in [0.15, 0.2) is 24.3 Å². The number of hydrogen-bond donors (Lipinski definition) is 1. The van der Waals surface area contributed by atoms with Gasteiger partial charge in [0, 0.05) is 6.04 Å². The summed E-state index contributed by atoms with van der Waals surface area (Å²) in [6, 6.07) is 6.85. The van der Waals surface area contributed by atoms with Gasteiger partial charge in [-0.05, 0) is 30.0 Å². The lowest BCUT2D eigenvalue weighted by molar-refractivity contribution is 0.317. The Kier molecular flexibility index (Phi) is 6.49. The van der Waals surface area contributed by atoms with E-state index in [9.17, 15) is 8.42 Å². The van der Waals surface area contributed by atoms with Gasteiger partial charge in [0.1, 0.15) is 5.75 Å². The lowest BCUT2D eigenvalue weighted by Gasteiger charge is -2.14. The van der Waals surface area contributed by atoms with Crippen LogP contribution < -0.4 is 10.5 Å². The molecule has 0 aliphatic carbocycles. The van der Waals surface area contributed by atoms with Gasteiger partial charge in [0.05, 0.1) is 18.1 Å². The summed E-state index contributed by atoms with van der Waals surface area (Å²) in [6.07, 6.45) is 0.953. The smallest absolute Gasteiger partial charge is 0.152 e. The Bertz CT molecular complexity index is 494. The Hall–Kier alpha value is -1.07. The number of hydrogen-bond acceptors (Lipinski definition) is 4. The summed E-state index contributed by atoms with van der Waals surface area (Å²) in [4.78, 5) is 0. The summed E-state index contributed by atoms with van der Waals surface area (Å²) in [6.45, 7) is 6.50. The third-order valence-corrected chi connectivity index (χ3v) is 4.84. The van der Waals surface area contributed by atoms with E-state index in [1.807, 2.05) is 45.0 Å². The molecule has 4 nitrogen and oxygen atoms in total. The number of sulfone groups is 1. The van der Waals surface area contributed by atoms with Gasteiger partial charge in [-0.2, -0.15) is 0 Å². The molecular formula is C15H25NO3S. The first-order valence-corrected chi connectivity index (χ1v) is 8.85. The van der Waals surface area contributed by atoms with Gasteiger partial charge in [0.2, 0.25) is 0 Å². The summed E-state index contributed by atoms with van der Waals surface area (Å²) in [5.74, 6) is 1.07. The van der Waals surface area contributed by atoms with Crippen LogP contribution in [-0.4, -0.2) is 26.5 Å². The maximum Gasteiger partial charge on any atom is 0.152 e. The molecule has 0 aliphatic rings. The highest BCUT2D eigenvalue weighted by molar-refractivity contribution is 7.91. The first kappa shape index (κ1) is 17.0. The zero-order valence-electron chi connectivity index (χ0n) is 12.5. The fraction of sp³-hybridized carbons (Fsp3) is 0.600. The van der Waals surface area contributed by atoms with Gasteiger partial charge in [0.15, 0.2) is 9.84 Å². The highest BCUT2D eigenvalue weighted by atomic mass is 32.2. The zero-order valence-corrected chi connectivity index (χ0v) is 13.3. The van der Waals surface area contributed by atoms with Crippen LogP contribution in [0.25, 0.3) is 0 Å². The molecule has 1 atom stereocenters. The molecule has 0 aromatic heterocycles. The average Bonchev–Trinajstić information content (AvgIpc) is 2.34. The van der Waals surface area contributed by atoms with Crippen molar-refractivity contribution in [1.29, 1.82) is 0 Å². The third kappa shape index (κ3) is 5.92. The van der Waals surface area contributed by atoms with E-state index in [0.717, 1.165) is 17.7 Å². The van der Waals surface area contributed by atoms with E-state index in [0.29, 0.717) is 6.61 Å². The number of ether oxygens (including phenoxy) is 1. The van der Waals surface area contributed by atoms with Crippen LogP contribution in [0.1, 0.15) is 38.8 Å². The molecule has 0 spiro atoms. The molecular weight excluding hydrogens is 274 g/mol. The second kappa shape index (κ2) is 7.64. The molecule has 1 aromatic rings. The highest BCUT2D eigenvalue weighted by Crippen LogP contribution is 2.18. The van der Waals surface area contributed by atoms with E-state index in [2.05, 4.69) is 0 Å². The Morgan fingerprint density at radius 3 is 2.25 bits per heavy atom. The van der Waals surface area contributed by atoms with Gasteiger partial charge in [0.25, 0.3) is 0 Å². The van der Waals surface area contributed by atoms with Crippen LogP contribution in [-0.2, 0) is 9.84 Å². The second-order valence-corrected chi connectivity index (χ2v) is 7.65. The van der Waals surface area contributed by atoms with Gasteiger partial charge >= 0.3 is 0 Å². The quantitative estimate of drug-likeness (QED) is 0.801. The molecule has 0 radical (unpaired) electrons. The Morgan fingerprint density at radius 2 is 1.75 bits per heavy atom. The van der Waals surface area contributed by atoms with Crippen molar-refractivity contribution in [1.82, 2.24) is 0 Å². The van der Waals surface area contributed by atoms with Crippen molar-refractivity contribution >= 4 is 9.84 Å². The number of rotatable bonds is 8. The predicted molar refractivity (Wildman–Crippen MR) is 82.6 cm³/mol. The van der Waals surface area contributed by atoms with Gasteiger partial charge in [-0.15, -0.1) is 0 Å². The lowest BCUT2D eigenvalue weighted by atomic mass is 10.1. The maximum absolute atomic E-state index is 11.9. The van der Waals surface area contributed by atoms with Crippen LogP contribution in [0.3, 0.4) is 0 Å². The predicted octanol–water partition coefficient (Wildman–Crippen LogP) is 2.55. The van der Waals surface area contributed by atoms with Crippen molar-refractivity contribution in [2.24, 2.45) is 11.7 Å². The first-order chi connectivity index (χ1) is 9.34. The van der Waals surface area contributed by atoms with Crippen molar-refractivity contribution in [3.8, 4) is 5.75 Å². The molecule has 0 amide bonds. The molecule has 1 rings (SSSR count). The van der Waals surface area contributed by atoms with E-state index in [4.69, 9.17) is 10.5 Å². The fourth-order valence-corrected chi connectivity index (χ4v) is 3.87. The molecule has 0 saturated heterocycles. The fourth-order valence-electron chi connectivity index (χ4n) is 1.98. The van der Waals surface area contributed by atoms with Crippen molar-refractivity contribution < 1.29 is 13.2 Å². The highest BCUT2D eigenvalue weighted by Gasteiger charge is 2.19. The SMILES string of the molecule is CCCOc1ccc(C(N)CS(=O)(=O)CC(C)C)cc1.